The monoisotopic (exact) mass is 403 g/mol. The van der Waals surface area contributed by atoms with Crippen molar-refractivity contribution in [3.63, 3.8) is 0 Å². The van der Waals surface area contributed by atoms with Crippen molar-refractivity contribution in [3.8, 4) is 0 Å². The SMILES string of the molecule is CCc1ccc([C@@H](N[C@@H](C)C(=O)Nc2ccc(S(N)(=O)=O)cc2)C(C)C)cc1. The van der Waals surface area contributed by atoms with Crippen LogP contribution in [-0.4, -0.2) is 20.4 Å². The van der Waals surface area contributed by atoms with Gasteiger partial charge in [0.25, 0.3) is 0 Å². The van der Waals surface area contributed by atoms with Crippen molar-refractivity contribution in [2.45, 2.75) is 51.1 Å². The molecule has 0 heterocycles. The molecule has 152 valence electrons. The highest BCUT2D eigenvalue weighted by Crippen LogP contribution is 2.23. The molecule has 2 atom stereocenters. The van der Waals surface area contributed by atoms with Crippen LogP contribution in [0.2, 0.25) is 0 Å². The van der Waals surface area contributed by atoms with E-state index in [9.17, 15) is 13.2 Å². The summed E-state index contributed by atoms with van der Waals surface area (Å²) >= 11 is 0. The lowest BCUT2D eigenvalue weighted by Gasteiger charge is -2.26. The van der Waals surface area contributed by atoms with Crippen LogP contribution in [-0.2, 0) is 21.2 Å². The minimum atomic E-state index is -3.75. The number of carbonyl (C=O) groups excluding carboxylic acids is 1. The van der Waals surface area contributed by atoms with Crippen molar-refractivity contribution in [2.75, 3.05) is 5.32 Å². The quantitative estimate of drug-likeness (QED) is 0.630. The Morgan fingerprint density at radius 1 is 1.00 bits per heavy atom. The van der Waals surface area contributed by atoms with Crippen LogP contribution in [0.25, 0.3) is 0 Å². The van der Waals surface area contributed by atoms with Gasteiger partial charge < -0.3 is 5.32 Å². The van der Waals surface area contributed by atoms with Gasteiger partial charge in [-0.15, -0.1) is 0 Å². The predicted molar refractivity (Wildman–Crippen MR) is 112 cm³/mol. The molecule has 0 radical (unpaired) electrons. The molecule has 0 bridgehead atoms. The van der Waals surface area contributed by atoms with E-state index in [2.05, 4.69) is 55.7 Å². The van der Waals surface area contributed by atoms with E-state index in [1.807, 2.05) is 6.92 Å². The second kappa shape index (κ2) is 9.32. The fraction of sp³-hybridized carbons (Fsp3) is 0.381. The number of aryl methyl sites for hydroxylation is 1. The van der Waals surface area contributed by atoms with E-state index in [4.69, 9.17) is 5.14 Å². The molecule has 0 aliphatic carbocycles. The molecule has 7 heteroatoms. The zero-order valence-electron chi connectivity index (χ0n) is 16.8. The minimum Gasteiger partial charge on any atom is -0.325 e. The summed E-state index contributed by atoms with van der Waals surface area (Å²) in [4.78, 5) is 12.6. The number of benzene rings is 2. The molecule has 0 aromatic heterocycles. The topological polar surface area (TPSA) is 101 Å². The number of hydrogen-bond acceptors (Lipinski definition) is 4. The van der Waals surface area contributed by atoms with E-state index in [1.54, 1.807) is 0 Å². The summed E-state index contributed by atoms with van der Waals surface area (Å²) in [6.07, 6.45) is 0.989. The molecule has 2 rings (SSSR count). The lowest BCUT2D eigenvalue weighted by atomic mass is 9.94. The van der Waals surface area contributed by atoms with Gasteiger partial charge in [-0.25, -0.2) is 13.6 Å². The van der Waals surface area contributed by atoms with Gasteiger partial charge in [0.1, 0.15) is 0 Å². The fourth-order valence-electron chi connectivity index (χ4n) is 2.96. The first-order chi connectivity index (χ1) is 13.1. The van der Waals surface area contributed by atoms with Gasteiger partial charge >= 0.3 is 0 Å². The minimum absolute atomic E-state index is 0.00655. The molecule has 0 unspecified atom stereocenters. The lowest BCUT2D eigenvalue weighted by Crippen LogP contribution is -2.41. The van der Waals surface area contributed by atoms with Gasteiger partial charge in [0.05, 0.1) is 10.9 Å². The van der Waals surface area contributed by atoms with E-state index >= 15 is 0 Å². The number of nitrogens with one attached hydrogen (secondary N) is 2. The van der Waals surface area contributed by atoms with E-state index < -0.39 is 16.1 Å². The molecular formula is C21H29N3O3S. The van der Waals surface area contributed by atoms with Crippen LogP contribution < -0.4 is 15.8 Å². The number of rotatable bonds is 8. The predicted octanol–water partition coefficient (Wildman–Crippen LogP) is 3.21. The molecule has 0 spiro atoms. The Labute approximate surface area is 167 Å². The Morgan fingerprint density at radius 2 is 1.57 bits per heavy atom. The van der Waals surface area contributed by atoms with E-state index in [0.29, 0.717) is 11.6 Å². The first-order valence-electron chi connectivity index (χ1n) is 9.40. The van der Waals surface area contributed by atoms with Crippen LogP contribution in [0.15, 0.2) is 53.4 Å². The van der Waals surface area contributed by atoms with Gasteiger partial charge in [-0.1, -0.05) is 45.0 Å². The summed E-state index contributed by atoms with van der Waals surface area (Å²) in [7, 11) is -3.75. The number of carbonyl (C=O) groups is 1. The fourth-order valence-corrected chi connectivity index (χ4v) is 3.47. The second-order valence-corrected chi connectivity index (χ2v) is 8.83. The summed E-state index contributed by atoms with van der Waals surface area (Å²) < 4.78 is 22.6. The van der Waals surface area contributed by atoms with Crippen LogP contribution in [0.1, 0.15) is 44.9 Å². The Kier molecular flexibility index (Phi) is 7.35. The van der Waals surface area contributed by atoms with Crippen LogP contribution in [0.5, 0.6) is 0 Å². The molecule has 1 amide bonds. The number of hydrogen-bond donors (Lipinski definition) is 3. The molecule has 0 saturated heterocycles. The van der Waals surface area contributed by atoms with Crippen molar-refractivity contribution < 1.29 is 13.2 Å². The molecule has 6 nitrogen and oxygen atoms in total. The first kappa shape index (κ1) is 22.1. The van der Waals surface area contributed by atoms with Gasteiger partial charge in [-0.3, -0.25) is 10.1 Å². The highest BCUT2D eigenvalue weighted by molar-refractivity contribution is 7.89. The third kappa shape index (κ3) is 5.89. The van der Waals surface area contributed by atoms with Crippen LogP contribution in [0.4, 0.5) is 5.69 Å². The highest BCUT2D eigenvalue weighted by Gasteiger charge is 2.22. The number of primary sulfonamides is 1. The van der Waals surface area contributed by atoms with E-state index in [1.165, 1.54) is 29.8 Å². The standard InChI is InChI=1S/C21H29N3O3S/c1-5-16-6-8-17(9-7-16)20(14(2)3)23-15(4)21(25)24-18-10-12-19(13-11-18)28(22,26)27/h6-15,20,23H,5H2,1-4H3,(H,24,25)(H2,22,26,27)/t15-,20-/m0/s1. The summed E-state index contributed by atoms with van der Waals surface area (Å²) in [5, 5.41) is 11.3. The van der Waals surface area contributed by atoms with Gasteiger partial charge in [-0.05, 0) is 54.7 Å². The van der Waals surface area contributed by atoms with E-state index in [0.717, 1.165) is 12.0 Å². The number of sulfonamides is 1. The summed E-state index contributed by atoms with van der Waals surface area (Å²) in [6.45, 7) is 8.16. The summed E-state index contributed by atoms with van der Waals surface area (Å²) in [6, 6.07) is 13.8. The normalized spacial score (nSPS) is 13.9. The van der Waals surface area contributed by atoms with Gasteiger partial charge in [-0.2, -0.15) is 0 Å². The third-order valence-electron chi connectivity index (χ3n) is 4.69. The number of nitrogens with two attached hydrogens (primary N) is 1. The highest BCUT2D eigenvalue weighted by atomic mass is 32.2. The average molecular weight is 404 g/mol. The maximum absolute atomic E-state index is 12.6. The van der Waals surface area contributed by atoms with E-state index in [-0.39, 0.29) is 16.8 Å². The van der Waals surface area contributed by atoms with Gasteiger partial charge in [0, 0.05) is 11.7 Å². The van der Waals surface area contributed by atoms with Crippen molar-refractivity contribution in [1.29, 1.82) is 0 Å². The van der Waals surface area contributed by atoms with Crippen molar-refractivity contribution in [1.82, 2.24) is 5.32 Å². The smallest absolute Gasteiger partial charge is 0.241 e. The molecule has 0 aliphatic rings. The Morgan fingerprint density at radius 3 is 2.04 bits per heavy atom. The number of amides is 1. The maximum Gasteiger partial charge on any atom is 0.241 e. The molecule has 0 saturated carbocycles. The van der Waals surface area contributed by atoms with Crippen LogP contribution >= 0.6 is 0 Å². The molecule has 0 aliphatic heterocycles. The average Bonchev–Trinajstić information content (AvgIpc) is 2.65. The second-order valence-electron chi connectivity index (χ2n) is 7.26. The van der Waals surface area contributed by atoms with Crippen molar-refractivity contribution in [2.24, 2.45) is 11.1 Å². The zero-order chi connectivity index (χ0) is 20.9. The molecule has 2 aromatic rings. The van der Waals surface area contributed by atoms with Crippen molar-refractivity contribution in [3.05, 3.63) is 59.7 Å². The first-order valence-corrected chi connectivity index (χ1v) is 10.9. The Balaban J connectivity index is 2.06. The third-order valence-corrected chi connectivity index (χ3v) is 5.62. The van der Waals surface area contributed by atoms with Crippen LogP contribution in [0.3, 0.4) is 0 Å². The molecule has 2 aromatic carbocycles. The summed E-state index contributed by atoms with van der Waals surface area (Å²) in [5.41, 5.74) is 2.93. The molecule has 0 fully saturated rings. The lowest BCUT2D eigenvalue weighted by molar-refractivity contribution is -0.118. The molecule has 4 N–H and O–H groups in total. The van der Waals surface area contributed by atoms with Crippen molar-refractivity contribution >= 4 is 21.6 Å². The molecular weight excluding hydrogens is 374 g/mol. The van der Waals surface area contributed by atoms with Crippen LogP contribution in [0, 0.1) is 5.92 Å². The summed E-state index contributed by atoms with van der Waals surface area (Å²) in [5.74, 6) is 0.107. The van der Waals surface area contributed by atoms with Gasteiger partial charge in [0.15, 0.2) is 0 Å². The Bertz CT molecular complexity index is 891. The zero-order valence-corrected chi connectivity index (χ0v) is 17.6. The molecule has 28 heavy (non-hydrogen) atoms. The number of anilines is 1. The van der Waals surface area contributed by atoms with Gasteiger partial charge in [0.2, 0.25) is 15.9 Å². The maximum atomic E-state index is 12.6. The largest absolute Gasteiger partial charge is 0.325 e. The Hall–Kier alpha value is -2.22.